The van der Waals surface area contributed by atoms with Crippen molar-refractivity contribution in [3.05, 3.63) is 12.2 Å². The van der Waals surface area contributed by atoms with Crippen molar-refractivity contribution in [1.82, 2.24) is 5.32 Å². The number of ketones is 1. The predicted molar refractivity (Wildman–Crippen MR) is 43.0 cm³/mol. The molecule has 0 radical (unpaired) electrons. The number of hydrogen-bond donors (Lipinski definition) is 1. The van der Waals surface area contributed by atoms with Gasteiger partial charge in [0.1, 0.15) is 0 Å². The quantitative estimate of drug-likeness (QED) is 0.595. The average molecular weight is 141 g/mol. The number of carbonyl (C=O) groups excluding carboxylic acids is 1. The Balaban J connectivity index is 3.89. The molecule has 0 amide bonds. The van der Waals surface area contributed by atoms with E-state index in [2.05, 4.69) is 5.32 Å². The van der Waals surface area contributed by atoms with Crippen LogP contribution in [0.1, 0.15) is 20.3 Å². The summed E-state index contributed by atoms with van der Waals surface area (Å²) in [6.45, 7) is 3.84. The highest BCUT2D eigenvalue weighted by Gasteiger charge is 2.08. The van der Waals surface area contributed by atoms with Gasteiger partial charge in [-0.3, -0.25) is 4.79 Å². The van der Waals surface area contributed by atoms with Gasteiger partial charge in [0.25, 0.3) is 0 Å². The van der Waals surface area contributed by atoms with Crippen LogP contribution >= 0.6 is 0 Å². The van der Waals surface area contributed by atoms with Crippen LogP contribution in [0.5, 0.6) is 0 Å². The summed E-state index contributed by atoms with van der Waals surface area (Å²) in [5.74, 6) is 0.160. The molecule has 0 aliphatic carbocycles. The zero-order valence-electron chi connectivity index (χ0n) is 6.85. The Kier molecular flexibility index (Phi) is 4.85. The lowest BCUT2D eigenvalue weighted by molar-refractivity contribution is -0.116. The van der Waals surface area contributed by atoms with Gasteiger partial charge in [0.2, 0.25) is 0 Å². The Hall–Kier alpha value is -0.630. The fourth-order valence-electron chi connectivity index (χ4n) is 0.828. The molecule has 0 aromatic heterocycles. The molecule has 2 nitrogen and oxygen atoms in total. The van der Waals surface area contributed by atoms with Gasteiger partial charge in [-0.2, -0.15) is 0 Å². The normalized spacial score (nSPS) is 13.9. The summed E-state index contributed by atoms with van der Waals surface area (Å²) in [4.78, 5) is 11.1. The Bertz CT molecular complexity index is 125. The lowest BCUT2D eigenvalue weighted by Gasteiger charge is -2.08. The monoisotopic (exact) mass is 141 g/mol. The summed E-state index contributed by atoms with van der Waals surface area (Å²) in [5.41, 5.74) is 0. The van der Waals surface area contributed by atoms with E-state index in [4.69, 9.17) is 0 Å². The Morgan fingerprint density at radius 3 is 2.60 bits per heavy atom. The molecule has 0 aliphatic rings. The zero-order chi connectivity index (χ0) is 7.98. The molecule has 2 heteroatoms. The van der Waals surface area contributed by atoms with Crippen LogP contribution in [-0.4, -0.2) is 18.9 Å². The first-order valence-corrected chi connectivity index (χ1v) is 3.60. The fourth-order valence-corrected chi connectivity index (χ4v) is 0.828. The predicted octanol–water partition coefficient (Wildman–Crippen LogP) is 1.13. The van der Waals surface area contributed by atoms with Crippen molar-refractivity contribution in [2.75, 3.05) is 7.05 Å². The molecule has 0 aromatic carbocycles. The third-order valence-corrected chi connectivity index (χ3v) is 1.43. The highest BCUT2D eigenvalue weighted by molar-refractivity contribution is 5.94. The van der Waals surface area contributed by atoms with E-state index in [1.165, 1.54) is 0 Å². The number of nitrogens with one attached hydrogen (secondary N) is 1. The van der Waals surface area contributed by atoms with Crippen LogP contribution in [0.3, 0.4) is 0 Å². The van der Waals surface area contributed by atoms with Crippen molar-refractivity contribution in [2.45, 2.75) is 26.3 Å². The van der Waals surface area contributed by atoms with Gasteiger partial charge in [0.15, 0.2) is 5.78 Å². The van der Waals surface area contributed by atoms with Gasteiger partial charge in [0.05, 0.1) is 6.04 Å². The van der Waals surface area contributed by atoms with Crippen LogP contribution in [0.4, 0.5) is 0 Å². The second kappa shape index (κ2) is 5.18. The summed E-state index contributed by atoms with van der Waals surface area (Å²) in [6, 6.07) is -0.00352. The first-order valence-electron chi connectivity index (χ1n) is 3.60. The van der Waals surface area contributed by atoms with E-state index in [9.17, 15) is 4.79 Å². The second-order valence-corrected chi connectivity index (χ2v) is 2.15. The van der Waals surface area contributed by atoms with Crippen molar-refractivity contribution < 1.29 is 4.79 Å². The maximum absolute atomic E-state index is 11.1. The number of hydrogen-bond acceptors (Lipinski definition) is 2. The van der Waals surface area contributed by atoms with Gasteiger partial charge in [0, 0.05) is 0 Å². The zero-order valence-corrected chi connectivity index (χ0v) is 6.85. The topological polar surface area (TPSA) is 29.1 Å². The van der Waals surface area contributed by atoms with Gasteiger partial charge in [-0.25, -0.2) is 0 Å². The van der Waals surface area contributed by atoms with Crippen molar-refractivity contribution in [3.8, 4) is 0 Å². The SMILES string of the molecule is C/C=C\C(=O)C(CC)NC. The van der Waals surface area contributed by atoms with Crippen LogP contribution in [-0.2, 0) is 4.79 Å². The lowest BCUT2D eigenvalue weighted by atomic mass is 10.1. The molecule has 1 N–H and O–H groups in total. The number of likely N-dealkylation sites (N-methyl/N-ethyl adjacent to an activating group) is 1. The van der Waals surface area contributed by atoms with Gasteiger partial charge < -0.3 is 5.32 Å². The van der Waals surface area contributed by atoms with Crippen molar-refractivity contribution in [2.24, 2.45) is 0 Å². The van der Waals surface area contributed by atoms with Gasteiger partial charge in [-0.05, 0) is 26.5 Å². The number of carbonyl (C=O) groups is 1. The molecule has 1 atom stereocenters. The molecule has 0 rings (SSSR count). The summed E-state index contributed by atoms with van der Waals surface area (Å²) >= 11 is 0. The van der Waals surface area contributed by atoms with Crippen molar-refractivity contribution in [1.29, 1.82) is 0 Å². The highest BCUT2D eigenvalue weighted by Crippen LogP contribution is 1.92. The highest BCUT2D eigenvalue weighted by atomic mass is 16.1. The van der Waals surface area contributed by atoms with Gasteiger partial charge in [-0.15, -0.1) is 0 Å². The molecule has 0 spiro atoms. The average Bonchev–Trinajstić information content (AvgIpc) is 1.91. The Morgan fingerprint density at radius 1 is 1.70 bits per heavy atom. The molecule has 58 valence electrons. The molecule has 0 aliphatic heterocycles. The second-order valence-electron chi connectivity index (χ2n) is 2.15. The molecule has 10 heavy (non-hydrogen) atoms. The summed E-state index contributed by atoms with van der Waals surface area (Å²) in [5, 5.41) is 2.94. The maximum Gasteiger partial charge on any atom is 0.172 e. The first kappa shape index (κ1) is 9.37. The van der Waals surface area contributed by atoms with Gasteiger partial charge in [-0.1, -0.05) is 13.0 Å². The molecule has 0 aromatic rings. The summed E-state index contributed by atoms with van der Waals surface area (Å²) in [6.07, 6.45) is 4.21. The molecule has 0 heterocycles. The van der Waals surface area contributed by atoms with E-state index in [1.807, 2.05) is 13.8 Å². The van der Waals surface area contributed by atoms with Crippen molar-refractivity contribution >= 4 is 5.78 Å². The van der Waals surface area contributed by atoms with Gasteiger partial charge >= 0.3 is 0 Å². The summed E-state index contributed by atoms with van der Waals surface area (Å²) < 4.78 is 0. The minimum atomic E-state index is -0.00352. The van der Waals surface area contributed by atoms with Crippen LogP contribution in [0.25, 0.3) is 0 Å². The Labute approximate surface area is 62.3 Å². The van der Waals surface area contributed by atoms with E-state index in [-0.39, 0.29) is 11.8 Å². The minimum absolute atomic E-state index is 0.00352. The molecule has 0 fully saturated rings. The third kappa shape index (κ3) is 2.78. The molecule has 0 bridgehead atoms. The first-order chi connectivity index (χ1) is 4.76. The third-order valence-electron chi connectivity index (χ3n) is 1.43. The van der Waals surface area contributed by atoms with E-state index in [1.54, 1.807) is 19.2 Å². The number of rotatable bonds is 4. The Morgan fingerprint density at radius 2 is 2.30 bits per heavy atom. The molecular weight excluding hydrogens is 126 g/mol. The molecule has 0 saturated carbocycles. The van der Waals surface area contributed by atoms with E-state index >= 15 is 0 Å². The van der Waals surface area contributed by atoms with Crippen LogP contribution in [0.15, 0.2) is 12.2 Å². The fraction of sp³-hybridized carbons (Fsp3) is 0.625. The number of allylic oxidation sites excluding steroid dienone is 1. The molecule has 1 unspecified atom stereocenters. The minimum Gasteiger partial charge on any atom is -0.310 e. The van der Waals surface area contributed by atoms with E-state index in [0.29, 0.717) is 0 Å². The maximum atomic E-state index is 11.1. The lowest BCUT2D eigenvalue weighted by Crippen LogP contribution is -2.31. The van der Waals surface area contributed by atoms with Crippen LogP contribution in [0, 0.1) is 0 Å². The van der Waals surface area contributed by atoms with Crippen molar-refractivity contribution in [3.63, 3.8) is 0 Å². The van der Waals surface area contributed by atoms with Crippen LogP contribution in [0.2, 0.25) is 0 Å². The summed E-state index contributed by atoms with van der Waals surface area (Å²) in [7, 11) is 1.80. The molecular formula is C8H15NO. The van der Waals surface area contributed by atoms with E-state index in [0.717, 1.165) is 6.42 Å². The molecule has 0 saturated heterocycles. The van der Waals surface area contributed by atoms with E-state index < -0.39 is 0 Å². The standard InChI is InChI=1S/C8H15NO/c1-4-6-8(10)7(5-2)9-3/h4,6-7,9H,5H2,1-3H3/b6-4-. The largest absolute Gasteiger partial charge is 0.310 e. The van der Waals surface area contributed by atoms with Crippen LogP contribution < -0.4 is 5.32 Å². The smallest absolute Gasteiger partial charge is 0.172 e.